The lowest BCUT2D eigenvalue weighted by Crippen LogP contribution is -2.47. The smallest absolute Gasteiger partial charge is 0.251 e. The molecule has 0 spiro atoms. The fourth-order valence-corrected chi connectivity index (χ4v) is 4.25. The maximum atomic E-state index is 13.5. The molecular formula is C26H27F2N3O. The first kappa shape index (κ1) is 22.1. The predicted molar refractivity (Wildman–Crippen MR) is 121 cm³/mol. The van der Waals surface area contributed by atoms with Gasteiger partial charge in [-0.1, -0.05) is 36.4 Å². The Labute approximate surface area is 187 Å². The number of amides is 1. The molecule has 1 saturated heterocycles. The Kier molecular flexibility index (Phi) is 6.93. The summed E-state index contributed by atoms with van der Waals surface area (Å²) in [5, 5.41) is 2.63. The number of hydrogen-bond donors (Lipinski definition) is 1. The zero-order valence-electron chi connectivity index (χ0n) is 18.1. The molecular weight excluding hydrogens is 408 g/mol. The van der Waals surface area contributed by atoms with Gasteiger partial charge in [0.25, 0.3) is 5.91 Å². The highest BCUT2D eigenvalue weighted by Crippen LogP contribution is 2.30. The van der Waals surface area contributed by atoms with Crippen molar-refractivity contribution in [2.45, 2.75) is 12.6 Å². The van der Waals surface area contributed by atoms with E-state index >= 15 is 0 Å². The Morgan fingerprint density at radius 1 is 0.812 bits per heavy atom. The standard InChI is InChI=1S/C26H27F2N3O/c1-29-26(32)22-4-2-19(3-5-22)18-30-14-16-31(17-15-30)25(20-6-10-23(27)11-7-20)21-8-12-24(28)13-9-21/h2-13,25H,14-18H2,1H3,(H,29,32). The first-order chi connectivity index (χ1) is 15.5. The van der Waals surface area contributed by atoms with E-state index in [4.69, 9.17) is 0 Å². The van der Waals surface area contributed by atoms with Crippen molar-refractivity contribution in [3.8, 4) is 0 Å². The van der Waals surface area contributed by atoms with Crippen molar-refractivity contribution >= 4 is 5.91 Å². The third kappa shape index (κ3) is 5.21. The summed E-state index contributed by atoms with van der Waals surface area (Å²) in [5.74, 6) is -0.615. The summed E-state index contributed by atoms with van der Waals surface area (Å²) in [7, 11) is 1.63. The van der Waals surface area contributed by atoms with Crippen molar-refractivity contribution in [1.29, 1.82) is 0 Å². The molecule has 0 radical (unpaired) electrons. The van der Waals surface area contributed by atoms with Crippen LogP contribution in [-0.4, -0.2) is 48.9 Å². The van der Waals surface area contributed by atoms with Gasteiger partial charge in [-0.25, -0.2) is 8.78 Å². The first-order valence-electron chi connectivity index (χ1n) is 10.8. The monoisotopic (exact) mass is 435 g/mol. The summed E-state index contributed by atoms with van der Waals surface area (Å²) in [6.07, 6.45) is 0. The van der Waals surface area contributed by atoms with Gasteiger partial charge in [0.1, 0.15) is 11.6 Å². The van der Waals surface area contributed by atoms with Gasteiger partial charge in [0, 0.05) is 45.3 Å². The number of benzene rings is 3. The third-order valence-electron chi connectivity index (χ3n) is 5.99. The number of nitrogens with one attached hydrogen (secondary N) is 1. The highest BCUT2D eigenvalue weighted by atomic mass is 19.1. The summed E-state index contributed by atoms with van der Waals surface area (Å²) < 4.78 is 27.0. The summed E-state index contributed by atoms with van der Waals surface area (Å²) >= 11 is 0. The second-order valence-corrected chi connectivity index (χ2v) is 8.09. The molecule has 1 heterocycles. The van der Waals surface area contributed by atoms with Gasteiger partial charge in [-0.05, 0) is 53.1 Å². The Hall–Kier alpha value is -3.09. The zero-order valence-corrected chi connectivity index (χ0v) is 18.1. The van der Waals surface area contributed by atoms with Gasteiger partial charge in [-0.15, -0.1) is 0 Å². The van der Waals surface area contributed by atoms with Crippen molar-refractivity contribution < 1.29 is 13.6 Å². The van der Waals surface area contributed by atoms with Gasteiger partial charge in [0.15, 0.2) is 0 Å². The first-order valence-corrected chi connectivity index (χ1v) is 10.8. The van der Waals surface area contributed by atoms with Crippen LogP contribution in [0.5, 0.6) is 0 Å². The van der Waals surface area contributed by atoms with Crippen LogP contribution in [0, 0.1) is 11.6 Å². The molecule has 0 unspecified atom stereocenters. The highest BCUT2D eigenvalue weighted by Gasteiger charge is 2.26. The second-order valence-electron chi connectivity index (χ2n) is 8.09. The van der Waals surface area contributed by atoms with Crippen molar-refractivity contribution in [3.05, 3.63) is 107 Å². The Bertz CT molecular complexity index is 983. The Balaban J connectivity index is 1.44. The Morgan fingerprint density at radius 3 is 1.78 bits per heavy atom. The van der Waals surface area contributed by atoms with Crippen LogP contribution in [0.3, 0.4) is 0 Å². The number of rotatable bonds is 6. The molecule has 0 saturated carbocycles. The van der Waals surface area contributed by atoms with E-state index < -0.39 is 0 Å². The average Bonchev–Trinajstić information content (AvgIpc) is 2.83. The number of carbonyl (C=O) groups is 1. The molecule has 1 amide bonds. The van der Waals surface area contributed by atoms with E-state index in [0.29, 0.717) is 5.56 Å². The lowest BCUT2D eigenvalue weighted by atomic mass is 9.96. The minimum absolute atomic E-state index is 0.0508. The molecule has 3 aromatic carbocycles. The molecule has 1 aliphatic heterocycles. The minimum atomic E-state index is -0.265. The summed E-state index contributed by atoms with van der Waals surface area (Å²) in [6, 6.07) is 20.8. The fraction of sp³-hybridized carbons (Fsp3) is 0.269. The molecule has 1 fully saturated rings. The van der Waals surface area contributed by atoms with Crippen LogP contribution in [-0.2, 0) is 6.54 Å². The molecule has 6 heteroatoms. The van der Waals surface area contributed by atoms with Gasteiger partial charge >= 0.3 is 0 Å². The van der Waals surface area contributed by atoms with Gasteiger partial charge in [-0.2, -0.15) is 0 Å². The van der Waals surface area contributed by atoms with Gasteiger partial charge in [0.05, 0.1) is 6.04 Å². The largest absolute Gasteiger partial charge is 0.355 e. The topological polar surface area (TPSA) is 35.6 Å². The van der Waals surface area contributed by atoms with Gasteiger partial charge in [0.2, 0.25) is 0 Å². The number of piperazine rings is 1. The second kappa shape index (κ2) is 10.0. The van der Waals surface area contributed by atoms with E-state index in [2.05, 4.69) is 15.1 Å². The van der Waals surface area contributed by atoms with Crippen molar-refractivity contribution in [2.75, 3.05) is 33.2 Å². The van der Waals surface area contributed by atoms with Crippen LogP contribution in [0.2, 0.25) is 0 Å². The fourth-order valence-electron chi connectivity index (χ4n) is 4.25. The summed E-state index contributed by atoms with van der Waals surface area (Å²) in [5.41, 5.74) is 3.81. The van der Waals surface area contributed by atoms with Crippen molar-refractivity contribution in [1.82, 2.24) is 15.1 Å². The number of nitrogens with zero attached hydrogens (tertiary/aromatic N) is 2. The third-order valence-corrected chi connectivity index (χ3v) is 5.99. The molecule has 0 bridgehead atoms. The van der Waals surface area contributed by atoms with E-state index in [1.54, 1.807) is 7.05 Å². The molecule has 166 valence electrons. The molecule has 32 heavy (non-hydrogen) atoms. The lowest BCUT2D eigenvalue weighted by molar-refractivity contribution is 0.0963. The van der Waals surface area contributed by atoms with E-state index in [1.165, 1.54) is 29.8 Å². The van der Waals surface area contributed by atoms with E-state index in [0.717, 1.165) is 43.9 Å². The van der Waals surface area contributed by atoms with Crippen LogP contribution in [0.25, 0.3) is 0 Å². The summed E-state index contributed by atoms with van der Waals surface area (Å²) in [4.78, 5) is 16.5. The molecule has 3 aromatic rings. The van der Waals surface area contributed by atoms with Crippen LogP contribution >= 0.6 is 0 Å². The zero-order chi connectivity index (χ0) is 22.5. The van der Waals surface area contributed by atoms with E-state index in [9.17, 15) is 13.6 Å². The summed E-state index contributed by atoms with van der Waals surface area (Å²) in [6.45, 7) is 4.28. The SMILES string of the molecule is CNC(=O)c1ccc(CN2CCN(C(c3ccc(F)cc3)c3ccc(F)cc3)CC2)cc1. The van der Waals surface area contributed by atoms with E-state index in [-0.39, 0.29) is 23.6 Å². The van der Waals surface area contributed by atoms with Crippen LogP contribution in [0.4, 0.5) is 8.78 Å². The molecule has 1 N–H and O–H groups in total. The molecule has 0 aliphatic carbocycles. The normalized spacial score (nSPS) is 15.1. The molecule has 0 aromatic heterocycles. The minimum Gasteiger partial charge on any atom is -0.355 e. The number of hydrogen-bond acceptors (Lipinski definition) is 3. The molecule has 1 aliphatic rings. The number of carbonyl (C=O) groups excluding carboxylic acids is 1. The van der Waals surface area contributed by atoms with Crippen LogP contribution in [0.15, 0.2) is 72.8 Å². The van der Waals surface area contributed by atoms with Crippen LogP contribution < -0.4 is 5.32 Å². The predicted octanol–water partition coefficient (Wildman–Crippen LogP) is 4.23. The lowest BCUT2D eigenvalue weighted by Gasteiger charge is -2.40. The molecule has 4 nitrogen and oxygen atoms in total. The van der Waals surface area contributed by atoms with Crippen molar-refractivity contribution in [2.24, 2.45) is 0 Å². The quantitative estimate of drug-likeness (QED) is 0.629. The highest BCUT2D eigenvalue weighted by molar-refractivity contribution is 5.93. The van der Waals surface area contributed by atoms with Crippen LogP contribution in [0.1, 0.15) is 33.1 Å². The number of halogens is 2. The maximum Gasteiger partial charge on any atom is 0.251 e. The van der Waals surface area contributed by atoms with E-state index in [1.807, 2.05) is 48.5 Å². The maximum absolute atomic E-state index is 13.5. The Morgan fingerprint density at radius 2 is 1.31 bits per heavy atom. The molecule has 4 rings (SSSR count). The van der Waals surface area contributed by atoms with Gasteiger partial charge in [-0.3, -0.25) is 14.6 Å². The van der Waals surface area contributed by atoms with Gasteiger partial charge < -0.3 is 5.32 Å². The molecule has 0 atom stereocenters. The van der Waals surface area contributed by atoms with Crippen molar-refractivity contribution in [3.63, 3.8) is 0 Å². The average molecular weight is 436 g/mol.